The summed E-state index contributed by atoms with van der Waals surface area (Å²) in [5, 5.41) is 2.04. The monoisotopic (exact) mass is 430 g/mol. The molecule has 1 aromatic heterocycles. The highest BCUT2D eigenvalue weighted by atomic mass is 32.1. The van der Waals surface area contributed by atoms with Crippen LogP contribution in [0, 0.1) is 11.2 Å². The van der Waals surface area contributed by atoms with Crippen LogP contribution in [0.15, 0.2) is 35.7 Å². The Morgan fingerprint density at radius 3 is 2.47 bits per heavy atom. The second kappa shape index (κ2) is 8.88. The molecule has 0 aliphatic carbocycles. The number of thiophene rings is 1. The van der Waals surface area contributed by atoms with Gasteiger partial charge in [-0.1, -0.05) is 32.9 Å². The van der Waals surface area contributed by atoms with Crippen LogP contribution in [-0.2, 0) is 16.0 Å². The zero-order chi connectivity index (χ0) is 22.1. The molecule has 0 saturated heterocycles. The summed E-state index contributed by atoms with van der Waals surface area (Å²) in [5.41, 5.74) is 1.85. The molecule has 4 nitrogen and oxygen atoms in total. The second-order valence-electron chi connectivity index (χ2n) is 9.44. The molecule has 6 heteroatoms. The van der Waals surface area contributed by atoms with Gasteiger partial charge < -0.3 is 9.80 Å². The molecule has 0 radical (unpaired) electrons. The molecule has 0 saturated carbocycles. The van der Waals surface area contributed by atoms with Gasteiger partial charge in [-0.05, 0) is 60.4 Å². The predicted molar refractivity (Wildman–Crippen MR) is 119 cm³/mol. The number of amides is 2. The predicted octanol–water partition coefficient (Wildman–Crippen LogP) is 5.03. The molecule has 162 valence electrons. The normalized spacial score (nSPS) is 16.5. The Balaban J connectivity index is 1.87. The number of halogens is 1. The van der Waals surface area contributed by atoms with E-state index in [1.54, 1.807) is 28.4 Å². The maximum absolute atomic E-state index is 13.5. The van der Waals surface area contributed by atoms with Gasteiger partial charge in [0.05, 0.1) is 6.04 Å². The highest BCUT2D eigenvalue weighted by Crippen LogP contribution is 2.38. The minimum Gasteiger partial charge on any atom is -0.331 e. The first-order valence-electron chi connectivity index (χ1n) is 10.5. The van der Waals surface area contributed by atoms with Crippen molar-refractivity contribution in [1.82, 2.24) is 9.80 Å². The maximum Gasteiger partial charge on any atom is 0.243 e. The SMILES string of the molecule is CC(C)N(CC(=O)N1CCc2sccc2[C@@H]1c1ccc(F)cc1)C(=O)CC(C)(C)C. The number of carbonyl (C=O) groups excluding carboxylic acids is 2. The zero-order valence-corrected chi connectivity index (χ0v) is 19.3. The first kappa shape index (κ1) is 22.5. The van der Waals surface area contributed by atoms with Gasteiger partial charge in [-0.2, -0.15) is 0 Å². The molecule has 0 fully saturated rings. The lowest BCUT2D eigenvalue weighted by Crippen LogP contribution is -2.49. The van der Waals surface area contributed by atoms with Crippen molar-refractivity contribution in [3.05, 3.63) is 57.5 Å². The molecule has 30 heavy (non-hydrogen) atoms. The molecular weight excluding hydrogens is 399 g/mol. The summed E-state index contributed by atoms with van der Waals surface area (Å²) in [7, 11) is 0. The van der Waals surface area contributed by atoms with Crippen molar-refractivity contribution < 1.29 is 14.0 Å². The Labute approximate surface area is 182 Å². The average Bonchev–Trinajstić information content (AvgIpc) is 3.13. The summed E-state index contributed by atoms with van der Waals surface area (Å²) >= 11 is 1.69. The molecule has 3 rings (SSSR count). The molecule has 1 aliphatic rings. The van der Waals surface area contributed by atoms with Crippen molar-refractivity contribution in [2.75, 3.05) is 13.1 Å². The van der Waals surface area contributed by atoms with Crippen molar-refractivity contribution in [3.63, 3.8) is 0 Å². The Kier molecular flexibility index (Phi) is 6.65. The van der Waals surface area contributed by atoms with Crippen LogP contribution in [0.5, 0.6) is 0 Å². The van der Waals surface area contributed by atoms with Crippen LogP contribution in [0.25, 0.3) is 0 Å². The standard InChI is InChI=1S/C24H31FN2O2S/c1-16(2)27(21(28)14-24(3,4)5)15-22(29)26-12-10-20-19(11-13-30-20)23(26)17-6-8-18(25)9-7-17/h6-9,11,13,16,23H,10,12,14-15H2,1-5H3/t23-/m0/s1. The van der Waals surface area contributed by atoms with Crippen molar-refractivity contribution in [2.45, 2.75) is 59.5 Å². The van der Waals surface area contributed by atoms with E-state index in [2.05, 4.69) is 6.07 Å². The van der Waals surface area contributed by atoms with Crippen LogP contribution in [-0.4, -0.2) is 40.7 Å². The number of nitrogens with zero attached hydrogens (tertiary/aromatic N) is 2. The molecular formula is C24H31FN2O2S. The summed E-state index contributed by atoms with van der Waals surface area (Å²) in [6.07, 6.45) is 1.20. The summed E-state index contributed by atoms with van der Waals surface area (Å²) in [6.45, 7) is 10.6. The fourth-order valence-corrected chi connectivity index (χ4v) is 4.84. The highest BCUT2D eigenvalue weighted by Gasteiger charge is 2.34. The third kappa shape index (κ3) is 5.09. The Morgan fingerprint density at radius 2 is 1.87 bits per heavy atom. The molecule has 0 unspecified atom stereocenters. The summed E-state index contributed by atoms with van der Waals surface area (Å²) in [6, 6.07) is 8.11. The first-order valence-corrected chi connectivity index (χ1v) is 11.4. The van der Waals surface area contributed by atoms with Gasteiger partial charge in [-0.3, -0.25) is 9.59 Å². The molecule has 2 aromatic rings. The second-order valence-corrected chi connectivity index (χ2v) is 10.4. The van der Waals surface area contributed by atoms with Crippen LogP contribution in [0.2, 0.25) is 0 Å². The van der Waals surface area contributed by atoms with Gasteiger partial charge in [0, 0.05) is 23.9 Å². The van der Waals surface area contributed by atoms with E-state index in [-0.39, 0.29) is 41.7 Å². The molecule has 1 aliphatic heterocycles. The minimum absolute atomic E-state index is 0.00239. The van der Waals surface area contributed by atoms with Gasteiger partial charge in [-0.25, -0.2) is 4.39 Å². The van der Waals surface area contributed by atoms with Crippen LogP contribution < -0.4 is 0 Å². The van der Waals surface area contributed by atoms with E-state index in [1.807, 2.05) is 44.9 Å². The Bertz CT molecular complexity index is 899. The quantitative estimate of drug-likeness (QED) is 0.667. The first-order chi connectivity index (χ1) is 14.1. The zero-order valence-electron chi connectivity index (χ0n) is 18.4. The van der Waals surface area contributed by atoms with Crippen LogP contribution in [0.3, 0.4) is 0 Å². The lowest BCUT2D eigenvalue weighted by molar-refractivity contribution is -0.144. The summed E-state index contributed by atoms with van der Waals surface area (Å²) in [5.74, 6) is -0.369. The third-order valence-electron chi connectivity index (χ3n) is 5.40. The molecule has 1 atom stereocenters. The van der Waals surface area contributed by atoms with Crippen molar-refractivity contribution in [3.8, 4) is 0 Å². The molecule has 0 N–H and O–H groups in total. The lowest BCUT2D eigenvalue weighted by atomic mass is 9.91. The fourth-order valence-electron chi connectivity index (χ4n) is 3.94. The Hall–Kier alpha value is -2.21. The van der Waals surface area contributed by atoms with Crippen LogP contribution >= 0.6 is 11.3 Å². The lowest BCUT2D eigenvalue weighted by Gasteiger charge is -2.38. The van der Waals surface area contributed by atoms with Crippen molar-refractivity contribution in [2.24, 2.45) is 5.41 Å². The van der Waals surface area contributed by atoms with Gasteiger partial charge in [-0.15, -0.1) is 11.3 Å². The largest absolute Gasteiger partial charge is 0.331 e. The number of benzene rings is 1. The van der Waals surface area contributed by atoms with E-state index in [4.69, 9.17) is 0 Å². The Morgan fingerprint density at radius 1 is 1.20 bits per heavy atom. The third-order valence-corrected chi connectivity index (χ3v) is 6.40. The van der Waals surface area contributed by atoms with Gasteiger partial charge in [0.1, 0.15) is 12.4 Å². The highest BCUT2D eigenvalue weighted by molar-refractivity contribution is 7.10. The minimum atomic E-state index is -0.295. The van der Waals surface area contributed by atoms with E-state index in [1.165, 1.54) is 17.0 Å². The molecule has 0 spiro atoms. The number of carbonyl (C=O) groups is 2. The van der Waals surface area contributed by atoms with Gasteiger partial charge >= 0.3 is 0 Å². The topological polar surface area (TPSA) is 40.6 Å². The van der Waals surface area contributed by atoms with E-state index >= 15 is 0 Å². The van der Waals surface area contributed by atoms with E-state index in [0.29, 0.717) is 13.0 Å². The molecule has 0 bridgehead atoms. The molecule has 2 amide bonds. The fraction of sp³-hybridized carbons (Fsp3) is 0.500. The van der Waals surface area contributed by atoms with Crippen molar-refractivity contribution in [1.29, 1.82) is 0 Å². The van der Waals surface area contributed by atoms with Crippen LogP contribution in [0.1, 0.15) is 63.1 Å². The van der Waals surface area contributed by atoms with Crippen molar-refractivity contribution >= 4 is 23.2 Å². The number of hydrogen-bond acceptors (Lipinski definition) is 3. The smallest absolute Gasteiger partial charge is 0.243 e. The van der Waals surface area contributed by atoms with E-state index in [9.17, 15) is 14.0 Å². The van der Waals surface area contributed by atoms with E-state index < -0.39 is 0 Å². The average molecular weight is 431 g/mol. The number of hydrogen-bond donors (Lipinski definition) is 0. The molecule has 1 aromatic carbocycles. The van der Waals surface area contributed by atoms with Gasteiger partial charge in [0.25, 0.3) is 0 Å². The van der Waals surface area contributed by atoms with Gasteiger partial charge in [0.2, 0.25) is 11.8 Å². The number of fused-ring (bicyclic) bond motifs is 1. The molecule has 2 heterocycles. The number of rotatable bonds is 5. The van der Waals surface area contributed by atoms with Gasteiger partial charge in [0.15, 0.2) is 0 Å². The van der Waals surface area contributed by atoms with Crippen LogP contribution in [0.4, 0.5) is 4.39 Å². The summed E-state index contributed by atoms with van der Waals surface area (Å²) in [4.78, 5) is 31.1. The van der Waals surface area contributed by atoms with E-state index in [0.717, 1.165) is 17.5 Å². The summed E-state index contributed by atoms with van der Waals surface area (Å²) < 4.78 is 13.5. The maximum atomic E-state index is 13.5.